The van der Waals surface area contributed by atoms with Gasteiger partial charge in [0.15, 0.2) is 0 Å². The summed E-state index contributed by atoms with van der Waals surface area (Å²) in [6.45, 7) is 2.93. The lowest BCUT2D eigenvalue weighted by atomic mass is 10.0. The number of ether oxygens (including phenoxy) is 2. The second-order valence-electron chi connectivity index (χ2n) is 4.16. The van der Waals surface area contributed by atoms with Gasteiger partial charge in [-0.15, -0.1) is 0 Å². The lowest BCUT2D eigenvalue weighted by Crippen LogP contribution is -2.44. The van der Waals surface area contributed by atoms with Crippen LogP contribution in [0, 0.1) is 0 Å². The van der Waals surface area contributed by atoms with Crippen LogP contribution in [0.3, 0.4) is 0 Å². The number of methoxy groups -OCH3 is 2. The lowest BCUT2D eigenvalue weighted by molar-refractivity contribution is 0.193. The molecule has 1 aromatic heterocycles. The summed E-state index contributed by atoms with van der Waals surface area (Å²) in [5, 5.41) is 3.39. The molecule has 0 aromatic carbocycles. The van der Waals surface area contributed by atoms with E-state index in [0.29, 0.717) is 0 Å². The summed E-state index contributed by atoms with van der Waals surface area (Å²) in [6.07, 6.45) is 3.47. The summed E-state index contributed by atoms with van der Waals surface area (Å²) in [5.41, 5.74) is 1.07. The lowest BCUT2D eigenvalue weighted by Gasteiger charge is -2.34. The Balaban J connectivity index is 2.40. The highest BCUT2D eigenvalue weighted by atomic mass is 16.5. The normalized spacial score (nSPS) is 21.2. The Labute approximate surface area is 102 Å². The van der Waals surface area contributed by atoms with E-state index in [2.05, 4.69) is 22.2 Å². The molecule has 5 heteroatoms. The fraction of sp³-hybridized carbons (Fsp3) is 0.583. The Hall–Kier alpha value is -1.33. The van der Waals surface area contributed by atoms with Gasteiger partial charge in [-0.1, -0.05) is 0 Å². The van der Waals surface area contributed by atoms with Gasteiger partial charge in [0, 0.05) is 19.6 Å². The maximum absolute atomic E-state index is 5.39. The molecule has 1 aliphatic rings. The molecule has 2 heterocycles. The zero-order valence-electron chi connectivity index (χ0n) is 10.6. The van der Waals surface area contributed by atoms with Crippen LogP contribution >= 0.6 is 0 Å². The second kappa shape index (κ2) is 5.33. The summed E-state index contributed by atoms with van der Waals surface area (Å²) in [5.74, 6) is 1.56. The van der Waals surface area contributed by atoms with E-state index in [0.717, 1.165) is 36.7 Å². The molecule has 0 bridgehead atoms. The molecule has 1 atom stereocenters. The van der Waals surface area contributed by atoms with Crippen LogP contribution in [0.5, 0.6) is 11.5 Å². The van der Waals surface area contributed by atoms with Crippen LogP contribution < -0.4 is 14.8 Å². The van der Waals surface area contributed by atoms with Crippen molar-refractivity contribution in [1.82, 2.24) is 15.2 Å². The van der Waals surface area contributed by atoms with E-state index in [4.69, 9.17) is 9.47 Å². The van der Waals surface area contributed by atoms with Crippen LogP contribution in [0.25, 0.3) is 0 Å². The Morgan fingerprint density at radius 2 is 1.94 bits per heavy atom. The molecule has 5 nitrogen and oxygen atoms in total. The molecular weight excluding hydrogens is 218 g/mol. The van der Waals surface area contributed by atoms with Crippen molar-refractivity contribution in [2.24, 2.45) is 0 Å². The number of nitrogens with zero attached hydrogens (tertiary/aromatic N) is 2. The van der Waals surface area contributed by atoms with Gasteiger partial charge in [-0.2, -0.15) is 0 Å². The highest BCUT2D eigenvalue weighted by molar-refractivity contribution is 5.44. The minimum absolute atomic E-state index is 0.261. The van der Waals surface area contributed by atoms with Crippen molar-refractivity contribution in [3.05, 3.63) is 18.0 Å². The van der Waals surface area contributed by atoms with Crippen LogP contribution in [0.15, 0.2) is 12.4 Å². The molecule has 1 saturated heterocycles. The molecule has 0 saturated carbocycles. The highest BCUT2D eigenvalue weighted by Gasteiger charge is 2.26. The first-order chi connectivity index (χ1) is 8.27. The number of nitrogens with one attached hydrogen (secondary N) is 1. The van der Waals surface area contributed by atoms with Crippen molar-refractivity contribution < 1.29 is 9.47 Å². The molecule has 1 N–H and O–H groups in total. The predicted octanol–water partition coefficient (Wildman–Crippen LogP) is 0.675. The van der Waals surface area contributed by atoms with E-state index in [1.54, 1.807) is 26.6 Å². The van der Waals surface area contributed by atoms with Crippen molar-refractivity contribution in [3.63, 3.8) is 0 Å². The summed E-state index contributed by atoms with van der Waals surface area (Å²) >= 11 is 0. The minimum Gasteiger partial charge on any atom is -0.495 e. The Morgan fingerprint density at radius 3 is 2.47 bits per heavy atom. The first kappa shape index (κ1) is 12.1. The maximum Gasteiger partial charge on any atom is 0.145 e. The minimum atomic E-state index is 0.261. The van der Waals surface area contributed by atoms with E-state index in [-0.39, 0.29) is 6.04 Å². The molecular formula is C12H19N3O2. The topological polar surface area (TPSA) is 46.6 Å². The number of rotatable bonds is 3. The maximum atomic E-state index is 5.39. The third-order valence-electron chi connectivity index (χ3n) is 3.20. The number of hydrogen-bond donors (Lipinski definition) is 1. The van der Waals surface area contributed by atoms with Gasteiger partial charge >= 0.3 is 0 Å². The van der Waals surface area contributed by atoms with Gasteiger partial charge < -0.3 is 14.8 Å². The fourth-order valence-electron chi connectivity index (χ4n) is 2.22. The van der Waals surface area contributed by atoms with Crippen molar-refractivity contribution in [1.29, 1.82) is 0 Å². The van der Waals surface area contributed by atoms with Crippen LogP contribution in [-0.4, -0.2) is 50.8 Å². The van der Waals surface area contributed by atoms with Gasteiger partial charge in [0.05, 0.1) is 38.2 Å². The van der Waals surface area contributed by atoms with Gasteiger partial charge in [-0.25, -0.2) is 0 Å². The first-order valence-electron chi connectivity index (χ1n) is 5.74. The first-order valence-corrected chi connectivity index (χ1v) is 5.74. The molecule has 1 aromatic rings. The molecule has 1 unspecified atom stereocenters. The number of aromatic nitrogens is 1. The van der Waals surface area contributed by atoms with Gasteiger partial charge in [0.1, 0.15) is 11.5 Å². The highest BCUT2D eigenvalue weighted by Crippen LogP contribution is 2.35. The summed E-state index contributed by atoms with van der Waals surface area (Å²) in [7, 11) is 5.44. The number of likely N-dealkylation sites (N-methyl/N-ethyl adjacent to an activating group) is 1. The third-order valence-corrected chi connectivity index (χ3v) is 3.20. The van der Waals surface area contributed by atoms with Gasteiger partial charge in [0.2, 0.25) is 0 Å². The van der Waals surface area contributed by atoms with E-state index in [1.807, 2.05) is 0 Å². The number of piperazine rings is 1. The molecule has 2 rings (SSSR count). The van der Waals surface area contributed by atoms with Crippen LogP contribution in [0.4, 0.5) is 0 Å². The Bertz CT molecular complexity index is 362. The van der Waals surface area contributed by atoms with E-state index in [1.165, 1.54) is 0 Å². The molecule has 0 amide bonds. The molecule has 0 spiro atoms. The monoisotopic (exact) mass is 237 g/mol. The standard InChI is InChI=1S/C12H19N3O2/c1-15-5-4-13-6-9(15)12-10(16-2)7-14-8-11(12)17-3/h7-9,13H,4-6H2,1-3H3. The Kier molecular flexibility index (Phi) is 3.81. The van der Waals surface area contributed by atoms with Crippen LogP contribution in [0.2, 0.25) is 0 Å². The molecule has 0 radical (unpaired) electrons. The molecule has 1 fully saturated rings. The molecule has 1 aliphatic heterocycles. The van der Waals surface area contributed by atoms with Crippen molar-refractivity contribution in [3.8, 4) is 11.5 Å². The van der Waals surface area contributed by atoms with Gasteiger partial charge in [0.25, 0.3) is 0 Å². The van der Waals surface area contributed by atoms with Crippen molar-refractivity contribution in [2.45, 2.75) is 6.04 Å². The van der Waals surface area contributed by atoms with Crippen LogP contribution in [-0.2, 0) is 0 Å². The quantitative estimate of drug-likeness (QED) is 0.837. The largest absolute Gasteiger partial charge is 0.495 e. The average molecular weight is 237 g/mol. The van der Waals surface area contributed by atoms with Gasteiger partial charge in [-0.05, 0) is 7.05 Å². The van der Waals surface area contributed by atoms with E-state index >= 15 is 0 Å². The zero-order valence-corrected chi connectivity index (χ0v) is 10.6. The summed E-state index contributed by atoms with van der Waals surface area (Å²) in [6, 6.07) is 0.261. The zero-order chi connectivity index (χ0) is 12.3. The van der Waals surface area contributed by atoms with Crippen LogP contribution in [0.1, 0.15) is 11.6 Å². The fourth-order valence-corrected chi connectivity index (χ4v) is 2.22. The smallest absolute Gasteiger partial charge is 0.145 e. The summed E-state index contributed by atoms with van der Waals surface area (Å²) < 4.78 is 10.8. The second-order valence-corrected chi connectivity index (χ2v) is 4.16. The van der Waals surface area contributed by atoms with E-state index in [9.17, 15) is 0 Å². The number of hydrogen-bond acceptors (Lipinski definition) is 5. The van der Waals surface area contributed by atoms with Gasteiger partial charge in [-0.3, -0.25) is 9.88 Å². The van der Waals surface area contributed by atoms with E-state index < -0.39 is 0 Å². The third kappa shape index (κ3) is 2.35. The predicted molar refractivity (Wildman–Crippen MR) is 65.6 cm³/mol. The molecule has 94 valence electrons. The Morgan fingerprint density at radius 1 is 1.29 bits per heavy atom. The summed E-state index contributed by atoms with van der Waals surface area (Å²) in [4.78, 5) is 6.42. The average Bonchev–Trinajstić information content (AvgIpc) is 2.38. The molecule has 0 aliphatic carbocycles. The van der Waals surface area contributed by atoms with Crippen molar-refractivity contribution in [2.75, 3.05) is 40.9 Å². The van der Waals surface area contributed by atoms with Crippen molar-refractivity contribution >= 4 is 0 Å². The SMILES string of the molecule is COc1cncc(OC)c1C1CNCCN1C. The number of pyridine rings is 1. The molecule has 17 heavy (non-hydrogen) atoms.